The number of carbonyl (C=O) groups excluding carboxylic acids is 4. The Bertz CT molecular complexity index is 1240. The summed E-state index contributed by atoms with van der Waals surface area (Å²) in [6, 6.07) is 16.3. The van der Waals surface area contributed by atoms with E-state index in [4.69, 9.17) is 4.74 Å². The molecule has 0 saturated carbocycles. The number of methoxy groups -OCH3 is 1. The normalized spacial score (nSPS) is 11.4. The van der Waals surface area contributed by atoms with E-state index in [1.54, 1.807) is 6.20 Å². The van der Waals surface area contributed by atoms with E-state index in [0.29, 0.717) is 45.2 Å². The first kappa shape index (κ1) is 30.2. The van der Waals surface area contributed by atoms with Gasteiger partial charge in [0.15, 0.2) is 0 Å². The zero-order valence-electron chi connectivity index (χ0n) is 22.9. The molecule has 0 aliphatic heterocycles. The fraction of sp³-hybridized carbons (Fsp3) is 0.400. The predicted octanol–water partition coefficient (Wildman–Crippen LogP) is 3.75. The number of nitrogens with one attached hydrogen (secondary N) is 4. The number of hydrogen-bond acceptors (Lipinski definition) is 6. The molecule has 1 atom stereocenters. The molecule has 0 saturated heterocycles. The molecule has 1 aromatic heterocycles. The lowest BCUT2D eigenvalue weighted by atomic mass is 10.1. The van der Waals surface area contributed by atoms with E-state index in [2.05, 4.69) is 25.7 Å². The topological polar surface area (TPSA) is 139 Å². The molecule has 4 N–H and O–H groups in total. The number of para-hydroxylation sites is 1. The molecule has 0 fully saturated rings. The highest BCUT2D eigenvalue weighted by molar-refractivity contribution is 5.91. The molecule has 1 heterocycles. The van der Waals surface area contributed by atoms with Gasteiger partial charge in [0, 0.05) is 36.6 Å². The van der Waals surface area contributed by atoms with Crippen molar-refractivity contribution < 1.29 is 28.7 Å². The number of ether oxygens (including phenoxy) is 2. The minimum Gasteiger partial charge on any atom is -0.469 e. The molecule has 0 aliphatic rings. The average molecular weight is 551 g/mol. The van der Waals surface area contributed by atoms with E-state index in [1.807, 2.05) is 54.6 Å². The van der Waals surface area contributed by atoms with Gasteiger partial charge in [-0.15, -0.1) is 0 Å². The van der Waals surface area contributed by atoms with Gasteiger partial charge < -0.3 is 30.4 Å². The first-order valence-corrected chi connectivity index (χ1v) is 13.6. The van der Waals surface area contributed by atoms with Crippen LogP contribution in [0.1, 0.15) is 49.7 Å². The van der Waals surface area contributed by atoms with Gasteiger partial charge in [0.2, 0.25) is 11.8 Å². The van der Waals surface area contributed by atoms with Gasteiger partial charge in [-0.3, -0.25) is 14.4 Å². The number of benzene rings is 2. The maximum Gasteiger partial charge on any atom is 0.407 e. The van der Waals surface area contributed by atoms with E-state index in [0.717, 1.165) is 28.5 Å². The summed E-state index contributed by atoms with van der Waals surface area (Å²) in [5.41, 5.74) is 2.68. The van der Waals surface area contributed by atoms with Crippen molar-refractivity contribution in [1.29, 1.82) is 0 Å². The number of aromatic amines is 1. The number of alkyl carbamates (subject to hydrolysis) is 1. The zero-order chi connectivity index (χ0) is 28.6. The van der Waals surface area contributed by atoms with Crippen molar-refractivity contribution in [3.8, 4) is 0 Å². The van der Waals surface area contributed by atoms with Crippen molar-refractivity contribution in [2.45, 2.75) is 57.6 Å². The fourth-order valence-electron chi connectivity index (χ4n) is 4.24. The van der Waals surface area contributed by atoms with E-state index < -0.39 is 12.1 Å². The average Bonchev–Trinajstić information content (AvgIpc) is 3.38. The minimum absolute atomic E-state index is 0.130. The lowest BCUT2D eigenvalue weighted by Crippen LogP contribution is -2.47. The number of carbonyl (C=O) groups is 4. The summed E-state index contributed by atoms with van der Waals surface area (Å²) in [5, 5.41) is 9.39. The quantitative estimate of drug-likeness (QED) is 0.158. The van der Waals surface area contributed by atoms with Crippen LogP contribution in [0.25, 0.3) is 10.9 Å². The van der Waals surface area contributed by atoms with Gasteiger partial charge in [0.1, 0.15) is 12.6 Å². The molecular weight excluding hydrogens is 512 g/mol. The molecule has 2 aromatic carbocycles. The SMILES string of the molecule is COC(=O)CCCCCNC(=O)[C@H](CCCNC(=O)OCc1ccccc1)NC(=O)Cc1c[nH]c2ccccc12. The van der Waals surface area contributed by atoms with Crippen LogP contribution in [-0.4, -0.2) is 55.1 Å². The second kappa shape index (κ2) is 16.6. The van der Waals surface area contributed by atoms with Gasteiger partial charge in [-0.1, -0.05) is 55.0 Å². The Morgan fingerprint density at radius 3 is 2.42 bits per heavy atom. The summed E-state index contributed by atoms with van der Waals surface area (Å²) in [4.78, 5) is 52.3. The molecule has 10 nitrogen and oxygen atoms in total. The van der Waals surface area contributed by atoms with E-state index in [1.165, 1.54) is 7.11 Å². The van der Waals surface area contributed by atoms with Gasteiger partial charge in [0.25, 0.3) is 0 Å². The standard InChI is InChI=1S/C30H38N4O6/c1-39-28(36)16-6-3-9-17-31-29(37)26(15-10-18-32-30(38)40-21-22-11-4-2-5-12-22)34-27(35)19-23-20-33-25-14-8-7-13-24(23)25/h2,4-5,7-8,11-14,20,26,33H,3,6,9-10,15-19,21H2,1H3,(H,31,37)(H,32,38)(H,34,35)/t26-/m0/s1. The molecule has 10 heteroatoms. The number of rotatable bonds is 16. The maximum atomic E-state index is 13.0. The fourth-order valence-corrected chi connectivity index (χ4v) is 4.24. The number of amides is 3. The molecule has 3 aromatic rings. The number of H-pyrrole nitrogens is 1. The van der Waals surface area contributed by atoms with Crippen molar-refractivity contribution in [2.75, 3.05) is 20.2 Å². The van der Waals surface area contributed by atoms with Gasteiger partial charge in [-0.05, 0) is 42.9 Å². The molecular formula is C30H38N4O6. The van der Waals surface area contributed by atoms with E-state index in [9.17, 15) is 19.2 Å². The summed E-state index contributed by atoms with van der Waals surface area (Å²) < 4.78 is 9.85. The Hall–Kier alpha value is -4.34. The molecule has 40 heavy (non-hydrogen) atoms. The molecule has 3 amide bonds. The second-order valence-corrected chi connectivity index (χ2v) is 9.46. The number of unbranched alkanes of at least 4 members (excludes halogenated alkanes) is 2. The highest BCUT2D eigenvalue weighted by atomic mass is 16.5. The smallest absolute Gasteiger partial charge is 0.407 e. The highest BCUT2D eigenvalue weighted by Gasteiger charge is 2.21. The van der Waals surface area contributed by atoms with Crippen LogP contribution in [0, 0.1) is 0 Å². The largest absolute Gasteiger partial charge is 0.469 e. The molecule has 0 unspecified atom stereocenters. The first-order valence-electron chi connectivity index (χ1n) is 13.6. The third kappa shape index (κ3) is 10.4. The number of esters is 1. The van der Waals surface area contributed by atoms with Crippen LogP contribution in [0.2, 0.25) is 0 Å². The third-order valence-electron chi connectivity index (χ3n) is 6.41. The van der Waals surface area contributed by atoms with E-state index >= 15 is 0 Å². The number of hydrogen-bond donors (Lipinski definition) is 4. The molecule has 0 radical (unpaired) electrons. The predicted molar refractivity (Wildman–Crippen MR) is 151 cm³/mol. The summed E-state index contributed by atoms with van der Waals surface area (Å²) in [5.74, 6) is -0.801. The Balaban J connectivity index is 1.46. The summed E-state index contributed by atoms with van der Waals surface area (Å²) in [7, 11) is 1.36. The van der Waals surface area contributed by atoms with Crippen molar-refractivity contribution >= 4 is 34.8 Å². The van der Waals surface area contributed by atoms with Crippen molar-refractivity contribution in [1.82, 2.24) is 20.9 Å². The van der Waals surface area contributed by atoms with Gasteiger partial charge in [0.05, 0.1) is 13.5 Å². The monoisotopic (exact) mass is 550 g/mol. The van der Waals surface area contributed by atoms with Crippen molar-refractivity contribution in [3.63, 3.8) is 0 Å². The summed E-state index contributed by atoms with van der Waals surface area (Å²) in [6.07, 6.45) is 4.69. The molecule has 0 spiro atoms. The Morgan fingerprint density at radius 1 is 0.875 bits per heavy atom. The lowest BCUT2D eigenvalue weighted by Gasteiger charge is -2.19. The van der Waals surface area contributed by atoms with Crippen molar-refractivity contribution in [2.24, 2.45) is 0 Å². The van der Waals surface area contributed by atoms with Crippen molar-refractivity contribution in [3.05, 3.63) is 71.9 Å². The van der Waals surface area contributed by atoms with Crippen LogP contribution < -0.4 is 16.0 Å². The molecule has 214 valence electrons. The van der Waals surface area contributed by atoms with Crippen LogP contribution in [0.3, 0.4) is 0 Å². The lowest BCUT2D eigenvalue weighted by molar-refractivity contribution is -0.140. The number of aromatic nitrogens is 1. The van der Waals surface area contributed by atoms with Gasteiger partial charge in [-0.2, -0.15) is 0 Å². The van der Waals surface area contributed by atoms with Gasteiger partial charge in [-0.25, -0.2) is 4.79 Å². The minimum atomic E-state index is -0.755. The summed E-state index contributed by atoms with van der Waals surface area (Å²) in [6.45, 7) is 0.892. The van der Waals surface area contributed by atoms with Crippen LogP contribution in [0.15, 0.2) is 60.8 Å². The Labute approximate surface area is 234 Å². The molecule has 3 rings (SSSR count). The highest BCUT2D eigenvalue weighted by Crippen LogP contribution is 2.18. The van der Waals surface area contributed by atoms with Crippen LogP contribution in [0.4, 0.5) is 4.79 Å². The maximum absolute atomic E-state index is 13.0. The third-order valence-corrected chi connectivity index (χ3v) is 6.41. The van der Waals surface area contributed by atoms with Crippen LogP contribution >= 0.6 is 0 Å². The second-order valence-electron chi connectivity index (χ2n) is 9.46. The Kier molecular flexibility index (Phi) is 12.5. The van der Waals surface area contributed by atoms with E-state index in [-0.39, 0.29) is 30.8 Å². The van der Waals surface area contributed by atoms with Crippen LogP contribution in [-0.2, 0) is 36.9 Å². The summed E-state index contributed by atoms with van der Waals surface area (Å²) >= 11 is 0. The molecule has 0 bridgehead atoms. The molecule has 0 aliphatic carbocycles. The zero-order valence-corrected chi connectivity index (χ0v) is 22.9. The van der Waals surface area contributed by atoms with Gasteiger partial charge >= 0.3 is 12.1 Å². The first-order chi connectivity index (χ1) is 19.5. The Morgan fingerprint density at radius 2 is 1.62 bits per heavy atom. The van der Waals surface area contributed by atoms with Crippen LogP contribution in [0.5, 0.6) is 0 Å². The number of fused-ring (bicyclic) bond motifs is 1.